The van der Waals surface area contributed by atoms with Crippen molar-refractivity contribution in [2.45, 2.75) is 13.3 Å². The number of hydrogen-bond acceptors (Lipinski definition) is 8. The first-order valence-corrected chi connectivity index (χ1v) is 11.1. The van der Waals surface area contributed by atoms with Gasteiger partial charge in [0.05, 0.1) is 10.3 Å². The number of rotatable bonds is 5. The molecule has 0 fully saturated rings. The Morgan fingerprint density at radius 3 is 2.44 bits per heavy atom. The number of anilines is 1. The van der Waals surface area contributed by atoms with E-state index in [9.17, 15) is 14.7 Å². The van der Waals surface area contributed by atoms with Crippen molar-refractivity contribution >= 4 is 62.9 Å². The summed E-state index contributed by atoms with van der Waals surface area (Å²) in [6.07, 6.45) is 3.12. The van der Waals surface area contributed by atoms with Gasteiger partial charge < -0.3 is 5.11 Å². The van der Waals surface area contributed by atoms with Crippen molar-refractivity contribution in [1.29, 1.82) is 0 Å². The Bertz CT molecular complexity index is 1330. The lowest BCUT2D eigenvalue weighted by molar-refractivity contribution is -0.135. The van der Waals surface area contributed by atoms with Crippen LogP contribution in [-0.2, 0) is 16.0 Å². The highest BCUT2D eigenvalue weighted by atomic mass is 35.5. The molecule has 0 spiro atoms. The SMILES string of the molecule is Cc1c(Cc2ccc(O)cc2)sc2nc(-c3cccs3)nc(NN3C(=O)C=CC3=O)c12.Cl. The molecule has 0 aliphatic carbocycles. The van der Waals surface area contributed by atoms with Crippen LogP contribution in [-0.4, -0.2) is 31.9 Å². The number of carbonyl (C=O) groups is 2. The number of amides is 2. The van der Waals surface area contributed by atoms with Crippen molar-refractivity contribution in [3.05, 3.63) is 69.9 Å². The molecule has 1 aliphatic heterocycles. The second-order valence-electron chi connectivity index (χ2n) is 7.00. The maximum Gasteiger partial charge on any atom is 0.272 e. The molecule has 1 aromatic carbocycles. The van der Waals surface area contributed by atoms with Crippen LogP contribution in [0.2, 0.25) is 0 Å². The third-order valence-electron chi connectivity index (χ3n) is 4.96. The van der Waals surface area contributed by atoms with Crippen molar-refractivity contribution < 1.29 is 14.7 Å². The summed E-state index contributed by atoms with van der Waals surface area (Å²) >= 11 is 3.08. The zero-order chi connectivity index (χ0) is 21.5. The van der Waals surface area contributed by atoms with Crippen molar-refractivity contribution in [2.75, 3.05) is 5.43 Å². The third kappa shape index (κ3) is 3.97. The first-order chi connectivity index (χ1) is 15.0. The summed E-state index contributed by atoms with van der Waals surface area (Å²) < 4.78 is 0. The number of aromatic hydroxyl groups is 1. The number of aromatic nitrogens is 2. The number of nitrogens with one attached hydrogen (secondary N) is 1. The number of hydrogen-bond donors (Lipinski definition) is 2. The van der Waals surface area contributed by atoms with Crippen LogP contribution in [0.1, 0.15) is 16.0 Å². The molecule has 0 atom stereocenters. The second kappa shape index (κ2) is 8.70. The third-order valence-corrected chi connectivity index (χ3v) is 7.01. The first-order valence-electron chi connectivity index (χ1n) is 9.44. The number of fused-ring (bicyclic) bond motifs is 1. The fourth-order valence-corrected chi connectivity index (χ4v) is 5.23. The number of imide groups is 1. The molecule has 7 nitrogen and oxygen atoms in total. The molecule has 4 aromatic rings. The average molecular weight is 485 g/mol. The summed E-state index contributed by atoms with van der Waals surface area (Å²) in [5.41, 5.74) is 4.95. The number of aryl methyl sites for hydroxylation is 1. The number of phenols is 1. The standard InChI is InChI=1S/C22H16N4O3S2.ClH/c1-12-16(11-13-4-6-14(27)7-5-13)31-22-19(12)21(25-26-17(28)8-9-18(26)29)23-20(24-22)15-3-2-10-30-15;/h2-10,27H,11H2,1H3,(H,23,24,25);1H. The number of phenolic OH excluding ortho intramolecular Hbond substituents is 1. The molecule has 4 heterocycles. The minimum absolute atomic E-state index is 0. The molecule has 5 rings (SSSR count). The maximum absolute atomic E-state index is 12.1. The molecule has 0 saturated heterocycles. The number of benzene rings is 1. The van der Waals surface area contributed by atoms with E-state index in [1.54, 1.807) is 23.5 Å². The number of nitrogens with zero attached hydrogens (tertiary/aromatic N) is 3. The largest absolute Gasteiger partial charge is 0.508 e. The van der Waals surface area contributed by atoms with Gasteiger partial charge in [0.15, 0.2) is 11.6 Å². The Morgan fingerprint density at radius 1 is 1.06 bits per heavy atom. The first kappa shape index (κ1) is 21.9. The highest BCUT2D eigenvalue weighted by Gasteiger charge is 2.26. The zero-order valence-electron chi connectivity index (χ0n) is 16.7. The topological polar surface area (TPSA) is 95.4 Å². The highest BCUT2D eigenvalue weighted by molar-refractivity contribution is 7.19. The van der Waals surface area contributed by atoms with Gasteiger partial charge in [0.2, 0.25) is 0 Å². The van der Waals surface area contributed by atoms with Crippen LogP contribution < -0.4 is 5.43 Å². The Kier molecular flexibility index (Phi) is 5.96. The number of thiophene rings is 2. The normalized spacial score (nSPS) is 13.1. The summed E-state index contributed by atoms with van der Waals surface area (Å²) in [5, 5.41) is 13.2. The van der Waals surface area contributed by atoms with Crippen LogP contribution in [0.25, 0.3) is 20.9 Å². The summed E-state index contributed by atoms with van der Waals surface area (Å²) in [4.78, 5) is 36.4. The van der Waals surface area contributed by atoms with Crippen LogP contribution in [0.3, 0.4) is 0 Å². The average Bonchev–Trinajstić information content (AvgIpc) is 3.47. The molecule has 0 saturated carbocycles. The summed E-state index contributed by atoms with van der Waals surface area (Å²) in [7, 11) is 0. The minimum atomic E-state index is -0.438. The number of carbonyl (C=O) groups excluding carboxylic acids is 2. The van der Waals surface area contributed by atoms with E-state index in [4.69, 9.17) is 4.98 Å². The molecule has 2 amide bonds. The Balaban J connectivity index is 0.00000245. The van der Waals surface area contributed by atoms with Gasteiger partial charge in [-0.2, -0.15) is 5.01 Å². The van der Waals surface area contributed by atoms with Gasteiger partial charge >= 0.3 is 0 Å². The van der Waals surface area contributed by atoms with E-state index in [2.05, 4.69) is 10.4 Å². The molecule has 0 unspecified atom stereocenters. The molecule has 32 heavy (non-hydrogen) atoms. The fraction of sp³-hybridized carbons (Fsp3) is 0.0909. The van der Waals surface area contributed by atoms with Gasteiger partial charge in [0, 0.05) is 23.5 Å². The molecule has 0 bridgehead atoms. The lowest BCUT2D eigenvalue weighted by atomic mass is 10.1. The van der Waals surface area contributed by atoms with E-state index >= 15 is 0 Å². The highest BCUT2D eigenvalue weighted by Crippen LogP contribution is 2.37. The van der Waals surface area contributed by atoms with Crippen LogP contribution in [0.5, 0.6) is 5.75 Å². The van der Waals surface area contributed by atoms with E-state index in [1.807, 2.05) is 36.6 Å². The van der Waals surface area contributed by atoms with Gasteiger partial charge in [0.1, 0.15) is 10.6 Å². The van der Waals surface area contributed by atoms with Crippen LogP contribution in [0.15, 0.2) is 53.9 Å². The molecule has 3 aromatic heterocycles. The second-order valence-corrected chi connectivity index (χ2v) is 9.04. The Morgan fingerprint density at radius 2 is 1.78 bits per heavy atom. The van der Waals surface area contributed by atoms with Crippen LogP contribution in [0.4, 0.5) is 5.82 Å². The fourth-order valence-electron chi connectivity index (χ4n) is 3.37. The molecule has 1 aliphatic rings. The molecular weight excluding hydrogens is 468 g/mol. The van der Waals surface area contributed by atoms with E-state index in [0.29, 0.717) is 18.1 Å². The van der Waals surface area contributed by atoms with Gasteiger partial charge in [0.25, 0.3) is 11.8 Å². The smallest absolute Gasteiger partial charge is 0.272 e. The number of hydrazine groups is 1. The Labute approximate surface area is 197 Å². The maximum atomic E-state index is 12.1. The summed E-state index contributed by atoms with van der Waals surface area (Å²) in [5.74, 6) is 0.306. The molecule has 162 valence electrons. The van der Waals surface area contributed by atoms with E-state index in [0.717, 1.165) is 36.1 Å². The molecular formula is C22H17ClN4O3S2. The van der Waals surface area contributed by atoms with E-state index in [1.165, 1.54) is 23.5 Å². The van der Waals surface area contributed by atoms with Gasteiger partial charge in [-0.25, -0.2) is 9.97 Å². The lowest BCUT2D eigenvalue weighted by Gasteiger charge is -2.17. The lowest BCUT2D eigenvalue weighted by Crippen LogP contribution is -2.36. The van der Waals surface area contributed by atoms with E-state index in [-0.39, 0.29) is 18.2 Å². The van der Waals surface area contributed by atoms with Crippen molar-refractivity contribution in [3.8, 4) is 16.5 Å². The molecule has 10 heteroatoms. The minimum Gasteiger partial charge on any atom is -0.508 e. The van der Waals surface area contributed by atoms with Crippen molar-refractivity contribution in [1.82, 2.24) is 15.0 Å². The van der Waals surface area contributed by atoms with Crippen LogP contribution >= 0.6 is 35.1 Å². The predicted octanol–water partition coefficient (Wildman–Crippen LogP) is 4.70. The van der Waals surface area contributed by atoms with Crippen molar-refractivity contribution in [3.63, 3.8) is 0 Å². The van der Waals surface area contributed by atoms with Gasteiger partial charge in [-0.1, -0.05) is 18.2 Å². The number of halogens is 1. The van der Waals surface area contributed by atoms with Crippen LogP contribution in [0, 0.1) is 6.92 Å². The molecule has 2 N–H and O–H groups in total. The predicted molar refractivity (Wildman–Crippen MR) is 128 cm³/mol. The summed E-state index contributed by atoms with van der Waals surface area (Å²) in [6, 6.07) is 11.0. The monoisotopic (exact) mass is 484 g/mol. The van der Waals surface area contributed by atoms with Gasteiger partial charge in [-0.05, 0) is 41.6 Å². The quantitative estimate of drug-likeness (QED) is 0.399. The summed E-state index contributed by atoms with van der Waals surface area (Å²) in [6.45, 7) is 1.99. The molecule has 0 radical (unpaired) electrons. The van der Waals surface area contributed by atoms with Gasteiger partial charge in [-0.3, -0.25) is 15.0 Å². The zero-order valence-corrected chi connectivity index (χ0v) is 19.2. The Hall–Kier alpha value is -3.27. The van der Waals surface area contributed by atoms with Crippen molar-refractivity contribution in [2.24, 2.45) is 0 Å². The van der Waals surface area contributed by atoms with Gasteiger partial charge in [-0.15, -0.1) is 35.1 Å². The van der Waals surface area contributed by atoms with E-state index < -0.39 is 11.8 Å².